The largest absolute Gasteiger partial charge is 0.394 e. The van der Waals surface area contributed by atoms with Gasteiger partial charge in [0.2, 0.25) is 12.0 Å². The quantitative estimate of drug-likeness (QED) is 0.168. The highest BCUT2D eigenvalue weighted by Crippen LogP contribution is 2.39. The molecule has 1 aliphatic heterocycles. The van der Waals surface area contributed by atoms with Crippen LogP contribution in [0.2, 0.25) is 0 Å². The molecule has 0 aromatic rings. The molecule has 0 aromatic carbocycles. The maximum absolute atomic E-state index is 13.3. The number of urea groups is 1. The minimum absolute atomic E-state index is 0.0210. The second-order valence-electron chi connectivity index (χ2n) is 8.47. The number of hydrogen-bond donors (Lipinski definition) is 4. The molecule has 1 aliphatic carbocycles. The fraction of sp³-hybridized carbons (Fsp3) is 0.947. The van der Waals surface area contributed by atoms with E-state index in [1.54, 1.807) is 0 Å². The molecule has 11 nitrogen and oxygen atoms in total. The fourth-order valence-electron chi connectivity index (χ4n) is 4.10. The van der Waals surface area contributed by atoms with Gasteiger partial charge in [-0.1, -0.05) is 33.1 Å². The molecule has 2 fully saturated rings. The van der Waals surface area contributed by atoms with Crippen molar-refractivity contribution in [2.75, 3.05) is 25.6 Å². The summed E-state index contributed by atoms with van der Waals surface area (Å²) in [6, 6.07) is -1.53. The zero-order valence-electron chi connectivity index (χ0n) is 18.0. The molecule has 4 N–H and O–H groups in total. The van der Waals surface area contributed by atoms with Crippen molar-refractivity contribution in [3.05, 3.63) is 4.91 Å². The lowest BCUT2D eigenvalue weighted by molar-refractivity contribution is -0.378. The van der Waals surface area contributed by atoms with Gasteiger partial charge in [0.15, 0.2) is 0 Å². The number of nitroso groups, excluding NO2 is 1. The predicted molar refractivity (Wildman–Crippen MR) is 111 cm³/mol. The molecule has 0 unspecified atom stereocenters. The van der Waals surface area contributed by atoms with Crippen LogP contribution >= 0.6 is 11.6 Å². The Labute approximate surface area is 186 Å². The van der Waals surface area contributed by atoms with E-state index in [-0.39, 0.29) is 24.9 Å². The minimum Gasteiger partial charge on any atom is -0.394 e. The molecule has 1 heterocycles. The highest BCUT2D eigenvalue weighted by Gasteiger charge is 2.62. The number of ether oxygens (including phenoxy) is 2. The van der Waals surface area contributed by atoms with E-state index in [0.29, 0.717) is 17.9 Å². The first-order valence-electron chi connectivity index (χ1n) is 10.7. The first-order valence-corrected chi connectivity index (χ1v) is 11.2. The molecule has 0 radical (unpaired) electrons. The van der Waals surface area contributed by atoms with Gasteiger partial charge in [-0.15, -0.1) is 16.5 Å². The molecule has 180 valence electrons. The Balaban J connectivity index is 2.52. The third-order valence-electron chi connectivity index (χ3n) is 5.69. The number of aliphatic hydroxyl groups excluding tert-OH is 3. The van der Waals surface area contributed by atoms with Crippen molar-refractivity contribution in [3.8, 4) is 0 Å². The van der Waals surface area contributed by atoms with Crippen LogP contribution in [0.5, 0.6) is 0 Å². The summed E-state index contributed by atoms with van der Waals surface area (Å²) in [6.45, 7) is 2.98. The lowest BCUT2D eigenvalue weighted by atomic mass is 9.87. The number of hydrogen-bond acceptors (Lipinski definition) is 9. The van der Waals surface area contributed by atoms with Gasteiger partial charge in [-0.25, -0.2) is 4.79 Å². The average molecular weight is 468 g/mol. The van der Waals surface area contributed by atoms with Gasteiger partial charge in [0.1, 0.15) is 18.3 Å². The van der Waals surface area contributed by atoms with E-state index in [9.17, 15) is 30.1 Å². The van der Waals surface area contributed by atoms with E-state index in [4.69, 9.17) is 21.1 Å². The zero-order chi connectivity index (χ0) is 23.2. The average Bonchev–Trinajstić information content (AvgIpc) is 2.76. The van der Waals surface area contributed by atoms with Gasteiger partial charge in [0.25, 0.3) is 0 Å². The maximum atomic E-state index is 13.3. The Kier molecular flexibility index (Phi) is 9.87. The summed E-state index contributed by atoms with van der Waals surface area (Å²) in [5.74, 6) is -0.0525. The number of carbonyl (C=O) groups is 1. The van der Waals surface area contributed by atoms with Crippen LogP contribution in [-0.2, 0) is 9.47 Å². The zero-order valence-corrected chi connectivity index (χ0v) is 18.7. The Morgan fingerprint density at radius 1 is 1.29 bits per heavy atom. The van der Waals surface area contributed by atoms with Crippen LogP contribution in [0.4, 0.5) is 4.79 Å². The van der Waals surface area contributed by atoms with E-state index < -0.39 is 49.0 Å². The molecule has 31 heavy (non-hydrogen) atoms. The van der Waals surface area contributed by atoms with Crippen molar-refractivity contribution in [3.63, 3.8) is 0 Å². The molecule has 5 atom stereocenters. The SMILES string of the molecule is CC(C)CO[C@H]1O[C@H](CO)[C@@H](O)[C@@H](O)[C@]1(O)N(C(=O)N(CCCl)N=O)C1CCCCC1. The topological polar surface area (TPSA) is 152 Å². The van der Waals surface area contributed by atoms with Gasteiger partial charge in [0.05, 0.1) is 25.0 Å². The van der Waals surface area contributed by atoms with Gasteiger partial charge >= 0.3 is 6.03 Å². The summed E-state index contributed by atoms with van der Waals surface area (Å²) in [6.07, 6.45) is -2.98. The smallest absolute Gasteiger partial charge is 0.345 e. The number of halogens is 1. The molecule has 2 amide bonds. The highest BCUT2D eigenvalue weighted by molar-refractivity contribution is 6.18. The van der Waals surface area contributed by atoms with Crippen LogP contribution in [-0.4, -0.2) is 98.4 Å². The van der Waals surface area contributed by atoms with Crippen molar-refractivity contribution in [1.82, 2.24) is 9.91 Å². The van der Waals surface area contributed by atoms with E-state index >= 15 is 0 Å². The number of amides is 2. The van der Waals surface area contributed by atoms with Crippen LogP contribution in [0.3, 0.4) is 0 Å². The van der Waals surface area contributed by atoms with Crippen molar-refractivity contribution < 1.29 is 34.7 Å². The first kappa shape index (κ1) is 26.2. The number of carbonyl (C=O) groups excluding carboxylic acids is 1. The Morgan fingerprint density at radius 2 is 1.94 bits per heavy atom. The van der Waals surface area contributed by atoms with Gasteiger partial charge < -0.3 is 29.9 Å². The molecular formula is C19H34ClN3O8. The normalized spacial score (nSPS) is 32.1. The van der Waals surface area contributed by atoms with Gasteiger partial charge in [-0.05, 0) is 18.8 Å². The van der Waals surface area contributed by atoms with Crippen molar-refractivity contribution in [1.29, 1.82) is 0 Å². The molecule has 0 bridgehead atoms. The monoisotopic (exact) mass is 467 g/mol. The minimum atomic E-state index is -2.53. The highest BCUT2D eigenvalue weighted by atomic mass is 35.5. The Morgan fingerprint density at radius 3 is 2.45 bits per heavy atom. The second-order valence-corrected chi connectivity index (χ2v) is 8.85. The van der Waals surface area contributed by atoms with E-state index in [0.717, 1.165) is 24.2 Å². The second kappa shape index (κ2) is 11.7. The Hall–Kier alpha value is -1.08. The third kappa shape index (κ3) is 5.65. The van der Waals surface area contributed by atoms with Crippen LogP contribution < -0.4 is 0 Å². The van der Waals surface area contributed by atoms with Crippen molar-refractivity contribution in [2.24, 2.45) is 11.2 Å². The number of aliphatic hydroxyl groups is 4. The molecule has 2 aliphatic rings. The first-order chi connectivity index (χ1) is 14.7. The van der Waals surface area contributed by atoms with Crippen LogP contribution in [0, 0.1) is 10.8 Å². The lowest BCUT2D eigenvalue weighted by Gasteiger charge is -2.54. The van der Waals surface area contributed by atoms with Crippen molar-refractivity contribution in [2.45, 2.75) is 82.3 Å². The Bertz CT molecular complexity index is 595. The lowest BCUT2D eigenvalue weighted by Crippen LogP contribution is -2.77. The molecule has 1 saturated heterocycles. The predicted octanol–water partition coefficient (Wildman–Crippen LogP) is 0.764. The molecule has 12 heteroatoms. The molecule has 0 aromatic heterocycles. The molecule has 1 saturated carbocycles. The fourth-order valence-corrected chi connectivity index (χ4v) is 4.26. The van der Waals surface area contributed by atoms with Crippen LogP contribution in [0.25, 0.3) is 0 Å². The standard InChI is InChI=1S/C19H34ClN3O8/c1-12(2)11-30-17-19(28,16(26)15(25)14(10-24)31-17)23(13-6-4-3-5-7-13)18(27)22(21-29)9-8-20/h12-17,24-26,28H,3-11H2,1-2H3/t14-,15-,16-,17+,19-/m1/s1. The van der Waals surface area contributed by atoms with Gasteiger partial charge in [0, 0.05) is 11.9 Å². The van der Waals surface area contributed by atoms with Crippen molar-refractivity contribution >= 4 is 17.6 Å². The van der Waals surface area contributed by atoms with Crippen LogP contribution in [0.15, 0.2) is 5.29 Å². The molecule has 2 rings (SSSR count). The van der Waals surface area contributed by atoms with Crippen LogP contribution in [0.1, 0.15) is 46.0 Å². The number of nitrogens with zero attached hydrogens (tertiary/aromatic N) is 3. The summed E-state index contributed by atoms with van der Waals surface area (Å²) in [5, 5.41) is 46.0. The third-order valence-corrected chi connectivity index (χ3v) is 5.86. The number of alkyl halides is 1. The van der Waals surface area contributed by atoms with E-state index in [2.05, 4.69) is 5.29 Å². The summed E-state index contributed by atoms with van der Waals surface area (Å²) >= 11 is 5.69. The van der Waals surface area contributed by atoms with E-state index in [1.807, 2.05) is 13.8 Å². The summed E-state index contributed by atoms with van der Waals surface area (Å²) in [4.78, 5) is 25.6. The maximum Gasteiger partial charge on any atom is 0.345 e. The van der Waals surface area contributed by atoms with Gasteiger partial charge in [-0.3, -0.25) is 4.90 Å². The number of rotatable bonds is 9. The molecule has 0 spiro atoms. The van der Waals surface area contributed by atoms with Gasteiger partial charge in [-0.2, -0.15) is 5.01 Å². The summed E-state index contributed by atoms with van der Waals surface area (Å²) in [5.41, 5.74) is -2.53. The molecular weight excluding hydrogens is 434 g/mol. The van der Waals surface area contributed by atoms with E-state index in [1.165, 1.54) is 0 Å². The summed E-state index contributed by atoms with van der Waals surface area (Å²) in [7, 11) is 0. The summed E-state index contributed by atoms with van der Waals surface area (Å²) < 4.78 is 11.3.